The van der Waals surface area contributed by atoms with Gasteiger partial charge in [0, 0.05) is 12.6 Å². The van der Waals surface area contributed by atoms with Gasteiger partial charge < -0.3 is 10.1 Å². The Morgan fingerprint density at radius 2 is 2.00 bits per heavy atom. The normalized spacial score (nSPS) is 10.5. The van der Waals surface area contributed by atoms with Crippen molar-refractivity contribution in [2.24, 2.45) is 0 Å². The first-order chi connectivity index (χ1) is 11.6. The fourth-order valence-electron chi connectivity index (χ4n) is 1.88. The first-order valence-electron chi connectivity index (χ1n) is 7.11. The van der Waals surface area contributed by atoms with Gasteiger partial charge in [-0.15, -0.1) is 0 Å². The fourth-order valence-corrected chi connectivity index (χ4v) is 1.88. The van der Waals surface area contributed by atoms with Crippen molar-refractivity contribution in [3.8, 4) is 0 Å². The number of hydrogen-bond donors (Lipinski definition) is 1. The second-order valence-corrected chi connectivity index (χ2v) is 4.81. The van der Waals surface area contributed by atoms with E-state index >= 15 is 0 Å². The van der Waals surface area contributed by atoms with Crippen LogP contribution in [0, 0.1) is 15.9 Å². The van der Waals surface area contributed by atoms with Crippen LogP contribution in [0.25, 0.3) is 6.08 Å². The number of carbonyl (C=O) groups is 1. The highest BCUT2D eigenvalue weighted by atomic mass is 19.1. The number of ether oxygens (including phenoxy) is 1. The van der Waals surface area contributed by atoms with Gasteiger partial charge in [-0.25, -0.2) is 4.79 Å². The summed E-state index contributed by atoms with van der Waals surface area (Å²) in [5.41, 5.74) is 0.747. The van der Waals surface area contributed by atoms with E-state index in [4.69, 9.17) is 4.74 Å². The summed E-state index contributed by atoms with van der Waals surface area (Å²) in [6.07, 6.45) is 2.55. The summed E-state index contributed by atoms with van der Waals surface area (Å²) in [6.45, 7) is 0.347. The zero-order valence-corrected chi connectivity index (χ0v) is 12.6. The molecule has 6 nitrogen and oxygen atoms in total. The van der Waals surface area contributed by atoms with Crippen LogP contribution < -0.4 is 5.32 Å². The molecule has 0 aliphatic rings. The third-order valence-corrected chi connectivity index (χ3v) is 3.05. The van der Waals surface area contributed by atoms with Gasteiger partial charge in [-0.1, -0.05) is 48.6 Å². The molecule has 0 saturated carbocycles. The molecule has 2 aromatic carbocycles. The molecule has 7 heteroatoms. The van der Waals surface area contributed by atoms with Gasteiger partial charge in [0.2, 0.25) is 5.82 Å². The molecule has 124 valence electrons. The number of hydrogen-bond acceptors (Lipinski definition) is 4. The highest BCUT2D eigenvalue weighted by Gasteiger charge is 2.13. The molecule has 1 N–H and O–H groups in total. The predicted molar refractivity (Wildman–Crippen MR) is 86.7 cm³/mol. The first-order valence-corrected chi connectivity index (χ1v) is 7.11. The quantitative estimate of drug-likeness (QED) is 0.647. The van der Waals surface area contributed by atoms with Crippen molar-refractivity contribution in [2.45, 2.75) is 6.61 Å². The summed E-state index contributed by atoms with van der Waals surface area (Å²) in [4.78, 5) is 21.4. The summed E-state index contributed by atoms with van der Waals surface area (Å²) in [5, 5.41) is 13.2. The predicted octanol–water partition coefficient (Wildman–Crippen LogP) is 3.67. The Morgan fingerprint density at radius 1 is 1.25 bits per heavy atom. The van der Waals surface area contributed by atoms with Crippen molar-refractivity contribution < 1.29 is 18.8 Å². The maximum absolute atomic E-state index is 13.2. The lowest BCUT2D eigenvalue weighted by atomic mass is 10.2. The summed E-state index contributed by atoms with van der Waals surface area (Å²) >= 11 is 0. The van der Waals surface area contributed by atoms with Crippen LogP contribution in [-0.4, -0.2) is 17.6 Å². The minimum Gasteiger partial charge on any atom is -0.445 e. The smallest absolute Gasteiger partial charge is 0.407 e. The summed E-state index contributed by atoms with van der Waals surface area (Å²) in [5.74, 6) is -0.889. The van der Waals surface area contributed by atoms with Gasteiger partial charge in [-0.3, -0.25) is 10.1 Å². The van der Waals surface area contributed by atoms with E-state index < -0.39 is 22.5 Å². The fraction of sp³-hybridized carbons (Fsp3) is 0.118. The number of nitro benzene ring substituents is 1. The Hall–Kier alpha value is -3.22. The SMILES string of the molecule is O=C(NCC=Cc1ccc(F)c([N+](=O)[O-])c1)OCc1ccccc1. The number of nitrogens with zero attached hydrogens (tertiary/aromatic N) is 1. The van der Waals surface area contributed by atoms with Gasteiger partial charge in [0.15, 0.2) is 0 Å². The lowest BCUT2D eigenvalue weighted by Crippen LogP contribution is -2.24. The molecule has 0 radical (unpaired) electrons. The van der Waals surface area contributed by atoms with Crippen molar-refractivity contribution in [3.63, 3.8) is 0 Å². The number of benzene rings is 2. The molecular weight excluding hydrogens is 315 g/mol. The molecule has 0 aliphatic carbocycles. The third-order valence-electron chi connectivity index (χ3n) is 3.05. The van der Waals surface area contributed by atoms with E-state index in [2.05, 4.69) is 5.32 Å². The van der Waals surface area contributed by atoms with Crippen LogP contribution in [-0.2, 0) is 11.3 Å². The Bertz CT molecular complexity index is 748. The number of alkyl carbamates (subject to hydrolysis) is 1. The molecule has 0 spiro atoms. The average molecular weight is 330 g/mol. The molecule has 0 aliphatic heterocycles. The first kappa shape index (κ1) is 17.1. The van der Waals surface area contributed by atoms with Gasteiger partial charge in [0.25, 0.3) is 0 Å². The molecule has 24 heavy (non-hydrogen) atoms. The van der Waals surface area contributed by atoms with Crippen molar-refractivity contribution in [3.05, 3.63) is 81.7 Å². The molecule has 0 unspecified atom stereocenters. The number of nitro groups is 1. The summed E-state index contributed by atoms with van der Waals surface area (Å²) in [6, 6.07) is 12.8. The number of carbonyl (C=O) groups excluding carboxylic acids is 1. The number of halogens is 1. The van der Waals surface area contributed by atoms with E-state index in [1.165, 1.54) is 6.07 Å². The Labute approximate surface area is 137 Å². The van der Waals surface area contributed by atoms with Gasteiger partial charge in [-0.2, -0.15) is 4.39 Å². The Morgan fingerprint density at radius 3 is 2.71 bits per heavy atom. The molecule has 0 aromatic heterocycles. The molecule has 0 fully saturated rings. The van der Waals surface area contributed by atoms with Gasteiger partial charge >= 0.3 is 11.8 Å². The lowest BCUT2D eigenvalue weighted by molar-refractivity contribution is -0.387. The molecule has 0 heterocycles. The van der Waals surface area contributed by atoms with Crippen LogP contribution in [0.1, 0.15) is 11.1 Å². The second kappa shape index (κ2) is 8.42. The van der Waals surface area contributed by atoms with Crippen LogP contribution in [0.2, 0.25) is 0 Å². The lowest BCUT2D eigenvalue weighted by Gasteiger charge is -2.05. The topological polar surface area (TPSA) is 81.5 Å². The zero-order valence-electron chi connectivity index (χ0n) is 12.6. The van der Waals surface area contributed by atoms with Gasteiger partial charge in [0.05, 0.1) is 4.92 Å². The van der Waals surface area contributed by atoms with E-state index in [1.54, 1.807) is 12.2 Å². The van der Waals surface area contributed by atoms with Crippen molar-refractivity contribution >= 4 is 17.9 Å². The average Bonchev–Trinajstić information content (AvgIpc) is 2.59. The monoisotopic (exact) mass is 330 g/mol. The van der Waals surface area contributed by atoms with Gasteiger partial charge in [0.1, 0.15) is 6.61 Å². The largest absolute Gasteiger partial charge is 0.445 e. The van der Waals surface area contributed by atoms with E-state index in [-0.39, 0.29) is 13.2 Å². The molecule has 2 rings (SSSR count). The number of nitrogens with one attached hydrogen (secondary N) is 1. The highest BCUT2D eigenvalue weighted by molar-refractivity contribution is 5.67. The van der Waals surface area contributed by atoms with E-state index in [9.17, 15) is 19.3 Å². The van der Waals surface area contributed by atoms with Crippen molar-refractivity contribution in [1.29, 1.82) is 0 Å². The second-order valence-electron chi connectivity index (χ2n) is 4.81. The minimum absolute atomic E-state index is 0.167. The maximum atomic E-state index is 13.2. The Balaban J connectivity index is 1.79. The van der Waals surface area contributed by atoms with Crippen LogP contribution in [0.5, 0.6) is 0 Å². The maximum Gasteiger partial charge on any atom is 0.407 e. The number of amides is 1. The molecule has 1 amide bonds. The Kier molecular flexibility index (Phi) is 6.01. The van der Waals surface area contributed by atoms with Gasteiger partial charge in [-0.05, 0) is 17.2 Å². The molecule has 0 atom stereocenters. The minimum atomic E-state index is -0.889. The summed E-state index contributed by atoms with van der Waals surface area (Å²) < 4.78 is 18.2. The van der Waals surface area contributed by atoms with E-state index in [0.717, 1.165) is 17.7 Å². The highest BCUT2D eigenvalue weighted by Crippen LogP contribution is 2.19. The number of rotatable bonds is 6. The molecule has 2 aromatic rings. The molecular formula is C17H15FN2O4. The van der Waals surface area contributed by atoms with Crippen LogP contribution >= 0.6 is 0 Å². The third kappa shape index (κ3) is 5.20. The molecule has 0 saturated heterocycles. The van der Waals surface area contributed by atoms with E-state index in [0.29, 0.717) is 5.56 Å². The summed E-state index contributed by atoms with van der Waals surface area (Å²) in [7, 11) is 0. The van der Waals surface area contributed by atoms with Crippen molar-refractivity contribution in [2.75, 3.05) is 6.54 Å². The van der Waals surface area contributed by atoms with E-state index in [1.807, 2.05) is 30.3 Å². The van der Waals surface area contributed by atoms with Crippen molar-refractivity contribution in [1.82, 2.24) is 5.32 Å². The standard InChI is InChI=1S/C17H15FN2O4/c18-15-9-8-13(11-16(15)20(22)23)7-4-10-19-17(21)24-12-14-5-2-1-3-6-14/h1-9,11H,10,12H2,(H,19,21). The van der Waals surface area contributed by atoms with Crippen LogP contribution in [0.3, 0.4) is 0 Å². The van der Waals surface area contributed by atoms with Crippen LogP contribution in [0.15, 0.2) is 54.6 Å². The molecule has 0 bridgehead atoms. The van der Waals surface area contributed by atoms with Crippen LogP contribution in [0.4, 0.5) is 14.9 Å². The zero-order chi connectivity index (χ0) is 17.4.